The monoisotopic (exact) mass is 354 g/mol. The molecule has 0 bridgehead atoms. The SMILES string of the molecule is CN(C)S(=O)(=O)C[C@@H]1COC[C@@H]1NS(=O)(=O)c1cccs1. The highest BCUT2D eigenvalue weighted by Gasteiger charge is 2.36. The molecule has 0 aromatic carbocycles. The summed E-state index contributed by atoms with van der Waals surface area (Å²) >= 11 is 1.11. The summed E-state index contributed by atoms with van der Waals surface area (Å²) in [6.45, 7) is 0.406. The van der Waals surface area contributed by atoms with Gasteiger partial charge in [-0.1, -0.05) is 6.07 Å². The maximum Gasteiger partial charge on any atom is 0.250 e. The van der Waals surface area contributed by atoms with Crippen LogP contribution in [0.3, 0.4) is 0 Å². The van der Waals surface area contributed by atoms with E-state index in [1.54, 1.807) is 11.4 Å². The first-order valence-electron chi connectivity index (χ1n) is 6.26. The molecule has 1 fully saturated rings. The molecule has 1 aromatic rings. The van der Waals surface area contributed by atoms with Gasteiger partial charge in [0.15, 0.2) is 0 Å². The molecule has 0 amide bonds. The third-order valence-corrected chi connectivity index (χ3v) is 8.10. The van der Waals surface area contributed by atoms with E-state index in [9.17, 15) is 16.8 Å². The second kappa shape index (κ2) is 6.31. The predicted octanol–water partition coefficient (Wildman–Crippen LogP) is -0.0672. The van der Waals surface area contributed by atoms with Gasteiger partial charge >= 0.3 is 0 Å². The largest absolute Gasteiger partial charge is 0.379 e. The standard InChI is InChI=1S/C11H18N2O5S3/c1-13(2)20(14,15)8-9-6-18-7-10(9)12-21(16,17)11-4-3-5-19-11/h3-5,9-10,12H,6-8H2,1-2H3/t9-,10-/m0/s1. The van der Waals surface area contributed by atoms with E-state index in [-0.39, 0.29) is 23.2 Å². The Morgan fingerprint density at radius 3 is 2.62 bits per heavy atom. The fourth-order valence-corrected chi connectivity index (χ4v) is 5.45. The van der Waals surface area contributed by atoms with Crippen molar-refractivity contribution in [2.45, 2.75) is 10.3 Å². The molecular formula is C11H18N2O5S3. The Bertz CT molecular complexity index is 667. The van der Waals surface area contributed by atoms with E-state index in [2.05, 4.69) is 4.72 Å². The van der Waals surface area contributed by atoms with Crippen molar-refractivity contribution in [2.24, 2.45) is 5.92 Å². The van der Waals surface area contributed by atoms with Crippen LogP contribution in [0.1, 0.15) is 0 Å². The van der Waals surface area contributed by atoms with Crippen LogP contribution in [-0.2, 0) is 24.8 Å². The molecule has 1 aromatic heterocycles. The van der Waals surface area contributed by atoms with Crippen molar-refractivity contribution >= 4 is 31.4 Å². The molecule has 1 saturated heterocycles. The van der Waals surface area contributed by atoms with E-state index in [0.717, 1.165) is 15.6 Å². The van der Waals surface area contributed by atoms with Crippen LogP contribution in [0.15, 0.2) is 21.7 Å². The van der Waals surface area contributed by atoms with E-state index < -0.39 is 32.0 Å². The maximum atomic E-state index is 12.2. The maximum absolute atomic E-state index is 12.2. The summed E-state index contributed by atoms with van der Waals surface area (Å²) in [5.74, 6) is -0.537. The van der Waals surface area contributed by atoms with E-state index in [0.29, 0.717) is 0 Å². The van der Waals surface area contributed by atoms with Crippen molar-refractivity contribution < 1.29 is 21.6 Å². The summed E-state index contributed by atoms with van der Waals surface area (Å²) < 4.78 is 57.3. The van der Waals surface area contributed by atoms with Crippen molar-refractivity contribution in [1.82, 2.24) is 9.03 Å². The molecular weight excluding hydrogens is 336 g/mol. The number of nitrogens with one attached hydrogen (secondary N) is 1. The number of rotatable bonds is 6. The van der Waals surface area contributed by atoms with Crippen molar-refractivity contribution in [1.29, 1.82) is 0 Å². The van der Waals surface area contributed by atoms with E-state index in [4.69, 9.17) is 4.74 Å². The van der Waals surface area contributed by atoms with Gasteiger partial charge in [0.05, 0.1) is 25.0 Å². The van der Waals surface area contributed by atoms with Gasteiger partial charge < -0.3 is 4.74 Å². The van der Waals surface area contributed by atoms with Crippen LogP contribution in [0, 0.1) is 5.92 Å². The summed E-state index contributed by atoms with van der Waals surface area (Å²) in [5, 5.41) is 1.67. The predicted molar refractivity (Wildman–Crippen MR) is 80.2 cm³/mol. The zero-order valence-electron chi connectivity index (χ0n) is 11.7. The average molecular weight is 354 g/mol. The molecule has 0 spiro atoms. The molecule has 10 heteroatoms. The lowest BCUT2D eigenvalue weighted by molar-refractivity contribution is 0.185. The van der Waals surface area contributed by atoms with Crippen LogP contribution in [0.25, 0.3) is 0 Å². The molecule has 1 N–H and O–H groups in total. The highest BCUT2D eigenvalue weighted by Crippen LogP contribution is 2.21. The summed E-state index contributed by atoms with van der Waals surface area (Å²) in [5.41, 5.74) is 0. The second-order valence-electron chi connectivity index (χ2n) is 5.02. The molecule has 2 rings (SSSR count). The fraction of sp³-hybridized carbons (Fsp3) is 0.636. The second-order valence-corrected chi connectivity index (χ2v) is 10.1. The van der Waals surface area contributed by atoms with Crippen molar-refractivity contribution in [3.8, 4) is 0 Å². The smallest absolute Gasteiger partial charge is 0.250 e. The van der Waals surface area contributed by atoms with Crippen molar-refractivity contribution in [3.05, 3.63) is 17.5 Å². The van der Waals surface area contributed by atoms with Crippen LogP contribution in [-0.4, -0.2) is 60.2 Å². The van der Waals surface area contributed by atoms with Crippen LogP contribution in [0.5, 0.6) is 0 Å². The van der Waals surface area contributed by atoms with E-state index >= 15 is 0 Å². The zero-order valence-corrected chi connectivity index (χ0v) is 14.2. The van der Waals surface area contributed by atoms with Gasteiger partial charge in [-0.25, -0.2) is 25.9 Å². The third-order valence-electron chi connectivity index (χ3n) is 3.25. The first-order valence-corrected chi connectivity index (χ1v) is 10.2. The summed E-state index contributed by atoms with van der Waals surface area (Å²) in [6.07, 6.45) is 0. The molecule has 120 valence electrons. The number of thiophene rings is 1. The quantitative estimate of drug-likeness (QED) is 0.772. The van der Waals surface area contributed by atoms with Gasteiger partial charge in [-0.3, -0.25) is 0 Å². The van der Waals surface area contributed by atoms with Gasteiger partial charge in [-0.15, -0.1) is 11.3 Å². The minimum absolute atomic E-state index is 0.141. The minimum atomic E-state index is -3.63. The topological polar surface area (TPSA) is 92.8 Å². The molecule has 2 atom stereocenters. The Hall–Kier alpha value is -0.520. The lowest BCUT2D eigenvalue weighted by Crippen LogP contribution is -2.43. The number of sulfonamides is 2. The number of nitrogens with zero attached hydrogens (tertiary/aromatic N) is 1. The van der Waals surface area contributed by atoms with Crippen LogP contribution in [0.4, 0.5) is 0 Å². The zero-order chi connectivity index (χ0) is 15.7. The molecule has 7 nitrogen and oxygen atoms in total. The van der Waals surface area contributed by atoms with Crippen molar-refractivity contribution in [2.75, 3.05) is 33.1 Å². The van der Waals surface area contributed by atoms with Crippen LogP contribution < -0.4 is 4.72 Å². The van der Waals surface area contributed by atoms with Gasteiger partial charge in [-0.05, 0) is 11.4 Å². The van der Waals surface area contributed by atoms with E-state index in [1.807, 2.05) is 0 Å². The summed E-state index contributed by atoms with van der Waals surface area (Å²) in [6, 6.07) is 2.62. The van der Waals surface area contributed by atoms with E-state index in [1.165, 1.54) is 20.2 Å². The van der Waals surface area contributed by atoms with Crippen LogP contribution >= 0.6 is 11.3 Å². The Kier molecular flexibility index (Phi) is 5.06. The first-order chi connectivity index (χ1) is 9.72. The minimum Gasteiger partial charge on any atom is -0.379 e. The average Bonchev–Trinajstić information content (AvgIpc) is 3.00. The van der Waals surface area contributed by atoms with Gasteiger partial charge in [0.1, 0.15) is 4.21 Å². The lowest BCUT2D eigenvalue weighted by atomic mass is 10.1. The number of ether oxygens (including phenoxy) is 1. The summed E-state index contributed by atoms with van der Waals surface area (Å²) in [4.78, 5) is 0. The Balaban J connectivity index is 2.10. The highest BCUT2D eigenvalue weighted by molar-refractivity contribution is 7.91. The molecule has 21 heavy (non-hydrogen) atoms. The van der Waals surface area contributed by atoms with Gasteiger partial charge in [0, 0.05) is 20.0 Å². The first kappa shape index (κ1) is 16.8. The molecule has 1 aliphatic rings. The Morgan fingerprint density at radius 2 is 2.05 bits per heavy atom. The van der Waals surface area contributed by atoms with Crippen molar-refractivity contribution in [3.63, 3.8) is 0 Å². The van der Waals surface area contributed by atoms with Gasteiger partial charge in [-0.2, -0.15) is 0 Å². The molecule has 2 heterocycles. The number of hydrogen-bond acceptors (Lipinski definition) is 6. The Labute approximate surface area is 129 Å². The molecule has 0 unspecified atom stereocenters. The molecule has 1 aliphatic heterocycles. The normalized spacial score (nSPS) is 23.8. The summed E-state index contributed by atoms with van der Waals surface area (Å²) in [7, 11) is -4.12. The molecule has 0 aliphatic carbocycles. The molecule has 0 radical (unpaired) electrons. The lowest BCUT2D eigenvalue weighted by Gasteiger charge is -2.20. The Morgan fingerprint density at radius 1 is 1.33 bits per heavy atom. The highest BCUT2D eigenvalue weighted by atomic mass is 32.2. The third kappa shape index (κ3) is 4.02. The fourth-order valence-electron chi connectivity index (χ4n) is 1.99. The molecule has 0 saturated carbocycles. The van der Waals surface area contributed by atoms with Crippen LogP contribution in [0.2, 0.25) is 0 Å². The van der Waals surface area contributed by atoms with Gasteiger partial charge in [0.25, 0.3) is 0 Å². The number of hydrogen-bond donors (Lipinski definition) is 1. The van der Waals surface area contributed by atoms with Gasteiger partial charge in [0.2, 0.25) is 20.0 Å².